The van der Waals surface area contributed by atoms with Gasteiger partial charge in [-0.05, 0) is 61.9 Å². The summed E-state index contributed by atoms with van der Waals surface area (Å²) in [6.07, 6.45) is 5.37. The second-order valence-corrected chi connectivity index (χ2v) is 7.00. The average molecular weight is 290 g/mol. The molecule has 1 N–H and O–H groups in total. The molecule has 2 heterocycles. The van der Waals surface area contributed by atoms with E-state index in [0.29, 0.717) is 6.04 Å². The van der Waals surface area contributed by atoms with Crippen LogP contribution in [0, 0.1) is 5.92 Å². The molecule has 0 amide bonds. The number of rotatable bonds is 3. The lowest BCUT2D eigenvalue weighted by molar-refractivity contribution is 0.647. The number of nitrogens with one attached hydrogen (secondary N) is 1. The molecule has 112 valence electrons. The zero-order valence-corrected chi connectivity index (χ0v) is 12.9. The quantitative estimate of drug-likeness (QED) is 0.744. The molecule has 1 saturated carbocycles. The molecule has 0 spiro atoms. The molecule has 2 heteroatoms. The fourth-order valence-electron chi connectivity index (χ4n) is 4.01. The summed E-state index contributed by atoms with van der Waals surface area (Å²) in [5.41, 5.74) is 4.27. The smallest absolute Gasteiger partial charge is 0.0491 e. The molecule has 1 saturated heterocycles. The SMILES string of the molecule is c1ccc2c(c1)c1cc(C3CCCN3)ccc1n2CC1CC1. The van der Waals surface area contributed by atoms with Crippen LogP contribution in [0.1, 0.15) is 37.3 Å². The van der Waals surface area contributed by atoms with E-state index in [2.05, 4.69) is 52.3 Å². The second kappa shape index (κ2) is 4.85. The van der Waals surface area contributed by atoms with Gasteiger partial charge >= 0.3 is 0 Å². The third-order valence-corrected chi connectivity index (χ3v) is 5.40. The van der Waals surface area contributed by atoms with Crippen LogP contribution in [0.2, 0.25) is 0 Å². The van der Waals surface area contributed by atoms with Crippen LogP contribution in [-0.2, 0) is 6.54 Å². The van der Waals surface area contributed by atoms with E-state index in [4.69, 9.17) is 0 Å². The summed E-state index contributed by atoms with van der Waals surface area (Å²) in [5, 5.41) is 6.48. The molecule has 1 aromatic heterocycles. The predicted molar refractivity (Wildman–Crippen MR) is 92.1 cm³/mol. The molecule has 1 unspecified atom stereocenters. The van der Waals surface area contributed by atoms with Crippen molar-refractivity contribution in [3.8, 4) is 0 Å². The molecule has 2 nitrogen and oxygen atoms in total. The zero-order valence-electron chi connectivity index (χ0n) is 12.9. The Hall–Kier alpha value is -1.80. The average Bonchev–Trinajstić information content (AvgIpc) is 3.11. The van der Waals surface area contributed by atoms with Gasteiger partial charge in [-0.1, -0.05) is 24.3 Å². The summed E-state index contributed by atoms with van der Waals surface area (Å²) in [4.78, 5) is 0. The van der Waals surface area contributed by atoms with Crippen LogP contribution >= 0.6 is 0 Å². The van der Waals surface area contributed by atoms with E-state index < -0.39 is 0 Å². The number of aromatic nitrogens is 1. The van der Waals surface area contributed by atoms with E-state index in [0.717, 1.165) is 12.5 Å². The highest BCUT2D eigenvalue weighted by Crippen LogP contribution is 2.37. The van der Waals surface area contributed by atoms with Crippen molar-refractivity contribution in [1.29, 1.82) is 0 Å². The molecule has 0 bridgehead atoms. The normalized spacial score (nSPS) is 21.9. The number of fused-ring (bicyclic) bond motifs is 3. The monoisotopic (exact) mass is 290 g/mol. The Bertz CT molecular complexity index is 835. The van der Waals surface area contributed by atoms with Crippen molar-refractivity contribution in [2.24, 2.45) is 5.92 Å². The van der Waals surface area contributed by atoms with Crippen LogP contribution in [0.15, 0.2) is 42.5 Å². The number of para-hydroxylation sites is 1. The van der Waals surface area contributed by atoms with Crippen molar-refractivity contribution in [3.63, 3.8) is 0 Å². The third kappa shape index (κ3) is 1.98. The molecule has 2 aromatic carbocycles. The first kappa shape index (κ1) is 12.7. The minimum atomic E-state index is 0.551. The van der Waals surface area contributed by atoms with Crippen LogP contribution in [0.4, 0.5) is 0 Å². The Morgan fingerprint density at radius 2 is 1.82 bits per heavy atom. The largest absolute Gasteiger partial charge is 0.340 e. The second-order valence-electron chi connectivity index (χ2n) is 7.00. The van der Waals surface area contributed by atoms with Crippen LogP contribution in [0.3, 0.4) is 0 Å². The lowest BCUT2D eigenvalue weighted by atomic mass is 10.0. The summed E-state index contributed by atoms with van der Waals surface area (Å²) in [6.45, 7) is 2.34. The fraction of sp³-hybridized carbons (Fsp3) is 0.400. The number of nitrogens with zero attached hydrogens (tertiary/aromatic N) is 1. The molecule has 1 aliphatic carbocycles. The van der Waals surface area contributed by atoms with E-state index in [1.54, 1.807) is 0 Å². The van der Waals surface area contributed by atoms with Gasteiger partial charge in [0.1, 0.15) is 0 Å². The maximum Gasteiger partial charge on any atom is 0.0491 e. The van der Waals surface area contributed by atoms with Crippen molar-refractivity contribution in [2.45, 2.75) is 38.3 Å². The van der Waals surface area contributed by atoms with Gasteiger partial charge in [-0.25, -0.2) is 0 Å². The summed E-state index contributed by atoms with van der Waals surface area (Å²) >= 11 is 0. The maximum absolute atomic E-state index is 3.63. The van der Waals surface area contributed by atoms with E-state index in [-0.39, 0.29) is 0 Å². The highest BCUT2D eigenvalue weighted by molar-refractivity contribution is 6.08. The van der Waals surface area contributed by atoms with E-state index in [1.807, 2.05) is 0 Å². The molecule has 1 aliphatic heterocycles. The van der Waals surface area contributed by atoms with Gasteiger partial charge in [0.15, 0.2) is 0 Å². The molecular weight excluding hydrogens is 268 g/mol. The predicted octanol–water partition coefficient (Wildman–Crippen LogP) is 4.63. The number of hydrogen-bond acceptors (Lipinski definition) is 1. The Balaban J connectivity index is 1.72. The van der Waals surface area contributed by atoms with Gasteiger partial charge < -0.3 is 9.88 Å². The lowest BCUT2D eigenvalue weighted by Gasteiger charge is -2.11. The molecule has 3 aromatic rings. The minimum Gasteiger partial charge on any atom is -0.340 e. The molecule has 22 heavy (non-hydrogen) atoms. The summed E-state index contributed by atoms with van der Waals surface area (Å²) in [7, 11) is 0. The maximum atomic E-state index is 3.63. The highest BCUT2D eigenvalue weighted by Gasteiger charge is 2.24. The van der Waals surface area contributed by atoms with Crippen molar-refractivity contribution < 1.29 is 0 Å². The van der Waals surface area contributed by atoms with Crippen LogP contribution in [-0.4, -0.2) is 11.1 Å². The molecule has 2 aliphatic rings. The Morgan fingerprint density at radius 1 is 0.955 bits per heavy atom. The van der Waals surface area contributed by atoms with E-state index in [1.165, 1.54) is 59.6 Å². The zero-order chi connectivity index (χ0) is 14.5. The van der Waals surface area contributed by atoms with E-state index >= 15 is 0 Å². The minimum absolute atomic E-state index is 0.551. The van der Waals surface area contributed by atoms with E-state index in [9.17, 15) is 0 Å². The first-order chi connectivity index (χ1) is 10.9. The van der Waals surface area contributed by atoms with Gasteiger partial charge in [0.2, 0.25) is 0 Å². The molecule has 0 radical (unpaired) electrons. The first-order valence-corrected chi connectivity index (χ1v) is 8.64. The van der Waals surface area contributed by atoms with Crippen molar-refractivity contribution in [1.82, 2.24) is 9.88 Å². The fourth-order valence-corrected chi connectivity index (χ4v) is 4.01. The van der Waals surface area contributed by atoms with Crippen LogP contribution in [0.5, 0.6) is 0 Å². The summed E-state index contributed by atoms with van der Waals surface area (Å²) < 4.78 is 2.55. The Labute approximate surface area is 131 Å². The Kier molecular flexibility index (Phi) is 2.80. The molecule has 1 atom stereocenters. The van der Waals surface area contributed by atoms with Gasteiger partial charge in [-0.2, -0.15) is 0 Å². The van der Waals surface area contributed by atoms with Crippen molar-refractivity contribution in [3.05, 3.63) is 48.0 Å². The van der Waals surface area contributed by atoms with Crippen molar-refractivity contribution in [2.75, 3.05) is 6.54 Å². The molecular formula is C20H22N2. The van der Waals surface area contributed by atoms with Gasteiger partial charge in [-0.15, -0.1) is 0 Å². The summed E-state index contributed by atoms with van der Waals surface area (Å²) in [5.74, 6) is 0.898. The first-order valence-electron chi connectivity index (χ1n) is 8.64. The summed E-state index contributed by atoms with van der Waals surface area (Å²) in [6, 6.07) is 16.6. The van der Waals surface area contributed by atoms with Gasteiger partial charge in [0, 0.05) is 34.4 Å². The van der Waals surface area contributed by atoms with Gasteiger partial charge in [0.05, 0.1) is 0 Å². The Morgan fingerprint density at radius 3 is 2.64 bits per heavy atom. The topological polar surface area (TPSA) is 17.0 Å². The number of hydrogen-bond donors (Lipinski definition) is 1. The molecule has 2 fully saturated rings. The third-order valence-electron chi connectivity index (χ3n) is 5.40. The standard InChI is InChI=1S/C20H22N2/c1-2-6-19-16(4-1)17-12-15(18-5-3-11-21-18)9-10-20(17)22(19)13-14-7-8-14/h1-2,4,6,9-10,12,14,18,21H,3,5,7-8,11,13H2. The molecule has 5 rings (SSSR count). The lowest BCUT2D eigenvalue weighted by Crippen LogP contribution is -2.12. The van der Waals surface area contributed by atoms with Gasteiger partial charge in [0.25, 0.3) is 0 Å². The van der Waals surface area contributed by atoms with Gasteiger partial charge in [-0.3, -0.25) is 0 Å². The highest BCUT2D eigenvalue weighted by atomic mass is 15.0. The number of benzene rings is 2. The van der Waals surface area contributed by atoms with Crippen molar-refractivity contribution >= 4 is 21.8 Å². The van der Waals surface area contributed by atoms with Crippen LogP contribution < -0.4 is 5.32 Å². The van der Waals surface area contributed by atoms with Crippen LogP contribution in [0.25, 0.3) is 21.8 Å².